The first-order chi connectivity index (χ1) is 60.3. The summed E-state index contributed by atoms with van der Waals surface area (Å²) in [5, 5.41) is 83.7. The number of nitrogens with two attached hydrogens (primary N) is 3. The number of para-hydroxylation sites is 3. The van der Waals surface area contributed by atoms with E-state index in [1.54, 1.807) is 54.9 Å². The SMILES string of the molecule is CCCCCCCCCNC(Cc1c[nH]c2ccccc12)C(=O)NC(CC(N)=O)C(=O)NC(CC(=O)O)C(=O)NC1C(=O)NCC(=O)NC(CCCNC(=O)C(N)Cc2c[nH]c3ccccc23)C(=O)NC(CC(=O)O)C(=O)NC(C)C(=O)NC(CC(=O)O)C(=O)NCC(=O)NC(CO)C(=O)NC(C(C)CC(=O)O)C(=O)NC(CC(=O)c2ccccc2N)C(=O)OC1C. The van der Waals surface area contributed by atoms with E-state index in [1.165, 1.54) is 24.3 Å². The summed E-state index contributed by atoms with van der Waals surface area (Å²) in [6, 6.07) is -4.19. The van der Waals surface area contributed by atoms with Gasteiger partial charge in [-0.3, -0.25) is 91.1 Å². The number of hydrogen-bond donors (Lipinski definition) is 24. The zero-order chi connectivity index (χ0) is 93.7. The van der Waals surface area contributed by atoms with E-state index in [1.807, 2.05) is 22.0 Å². The Morgan fingerprint density at radius 1 is 0.504 bits per heavy atom. The lowest BCUT2D eigenvalue weighted by atomic mass is 9.96. The zero-order valence-corrected chi connectivity index (χ0v) is 70.3. The lowest BCUT2D eigenvalue weighted by molar-refractivity contribution is -0.156. The maximum Gasteiger partial charge on any atom is 0.329 e. The number of ketones is 1. The number of benzene rings is 3. The smallest absolute Gasteiger partial charge is 0.329 e. The number of carboxylic acids is 4. The Kier molecular flexibility index (Phi) is 40.6. The molecular formula is C82H111N19O26. The molecule has 1 aliphatic heterocycles. The molecule has 0 saturated carbocycles. The van der Waals surface area contributed by atoms with Crippen molar-refractivity contribution in [3.8, 4) is 0 Å². The minimum Gasteiger partial charge on any atom is -0.481 e. The molecule has 1 saturated heterocycles. The molecule has 690 valence electrons. The Hall–Kier alpha value is -14.0. The molecule has 45 nitrogen and oxygen atoms in total. The molecule has 5 aromatic rings. The second-order valence-electron chi connectivity index (χ2n) is 30.6. The van der Waals surface area contributed by atoms with Crippen LogP contribution in [0.2, 0.25) is 0 Å². The van der Waals surface area contributed by atoms with Gasteiger partial charge in [0.05, 0.1) is 63.9 Å². The van der Waals surface area contributed by atoms with Gasteiger partial charge in [0.25, 0.3) is 0 Å². The predicted octanol–water partition coefficient (Wildman–Crippen LogP) is -4.33. The lowest BCUT2D eigenvalue weighted by Gasteiger charge is -2.30. The molecule has 0 bridgehead atoms. The Labute approximate surface area is 726 Å². The highest BCUT2D eigenvalue weighted by Crippen LogP contribution is 2.23. The molecule has 0 aliphatic carbocycles. The molecule has 1 fully saturated rings. The van der Waals surface area contributed by atoms with Crippen molar-refractivity contribution in [1.29, 1.82) is 0 Å². The van der Waals surface area contributed by atoms with Gasteiger partial charge < -0.3 is 132 Å². The van der Waals surface area contributed by atoms with Crippen molar-refractivity contribution in [2.24, 2.45) is 17.4 Å². The third-order valence-corrected chi connectivity index (χ3v) is 20.4. The number of anilines is 1. The molecule has 14 unspecified atom stereocenters. The Morgan fingerprint density at radius 3 is 1.60 bits per heavy atom. The standard InChI is InChI=1S/C82H111N19O26/c1-5-6-7-8-9-10-17-26-86-54(30-45-37-89-52-24-16-13-20-47(45)52)75(119)96-55(32-62(85)104)77(121)98-58(35-68(113)114)78(122)101-70-43(4)127-82(126)59(31-61(103)48-21-11-14-22-49(48)83)99-81(125)69(41(2)28-65(107)108)100-79(123)60(40-102)94-64(106)38-90-73(117)56(33-66(109)110)95-71(115)42(3)92-76(120)57(34-67(111)112)97-74(118)53(93-63(105)39-91-80(70)124)25-18-27-87-72(116)50(84)29-44-36-88-51-23-15-12-19-46(44)51/h11-16,19-24,36-37,41-43,50,53-60,69-70,86,88-89,102H,5-10,17-18,25-35,38-40,83-84H2,1-4H3,(H2,85,104)(H,87,116)(H,90,117)(H,91,124)(H,92,120)(H,93,105)(H,94,106)(H,95,115)(H,96,119)(H,97,118)(H,98,121)(H,99,125)(H,100,123)(H,101,122)(H,107,108)(H,109,110)(H,111,112)(H,113,114). The predicted molar refractivity (Wildman–Crippen MR) is 449 cm³/mol. The van der Waals surface area contributed by atoms with Crippen molar-refractivity contribution in [1.82, 2.24) is 84.4 Å². The molecule has 27 N–H and O–H groups in total. The van der Waals surface area contributed by atoms with Gasteiger partial charge in [-0.15, -0.1) is 0 Å². The number of cyclic esters (lactones) is 1. The van der Waals surface area contributed by atoms with Crippen molar-refractivity contribution >= 4 is 146 Å². The van der Waals surface area contributed by atoms with Crippen LogP contribution >= 0.6 is 0 Å². The number of carboxylic acid groups (broad SMARTS) is 4. The molecule has 14 atom stereocenters. The molecule has 3 aromatic carbocycles. The van der Waals surface area contributed by atoms with Crippen LogP contribution in [0, 0.1) is 5.92 Å². The topological polar surface area (TPSA) is 730 Å². The number of H-pyrrole nitrogens is 2. The number of unbranched alkanes of at least 4 members (excludes halogenated alkanes) is 6. The van der Waals surface area contributed by atoms with Crippen LogP contribution in [-0.4, -0.2) is 265 Å². The quantitative estimate of drug-likeness (QED) is 0.00765. The molecule has 6 rings (SSSR count). The molecule has 14 amide bonds. The number of aliphatic hydroxyl groups excluding tert-OH is 1. The van der Waals surface area contributed by atoms with Gasteiger partial charge in [0.15, 0.2) is 5.78 Å². The van der Waals surface area contributed by atoms with Gasteiger partial charge in [0, 0.05) is 58.4 Å². The van der Waals surface area contributed by atoms with Crippen LogP contribution in [0.25, 0.3) is 21.8 Å². The fourth-order valence-electron chi connectivity index (χ4n) is 13.6. The number of aromatic amines is 2. The third-order valence-electron chi connectivity index (χ3n) is 20.4. The average Bonchev–Trinajstić information content (AvgIpc) is 1.70. The molecular weight excluding hydrogens is 1670 g/mol. The molecule has 1 aliphatic rings. The number of aliphatic carboxylic acids is 4. The van der Waals surface area contributed by atoms with E-state index in [-0.39, 0.29) is 37.1 Å². The highest BCUT2D eigenvalue weighted by molar-refractivity contribution is 6.05. The van der Waals surface area contributed by atoms with Crippen LogP contribution in [0.5, 0.6) is 0 Å². The fraction of sp³-hybridized carbons (Fsp3) is 0.488. The third kappa shape index (κ3) is 33.2. The number of aliphatic hydroxyl groups is 1. The van der Waals surface area contributed by atoms with Crippen LogP contribution in [-0.2, 0) is 109 Å². The maximum absolute atomic E-state index is 15.0. The van der Waals surface area contributed by atoms with E-state index in [0.717, 1.165) is 81.1 Å². The van der Waals surface area contributed by atoms with Crippen molar-refractivity contribution in [2.75, 3.05) is 38.5 Å². The summed E-state index contributed by atoms with van der Waals surface area (Å²) in [6.07, 6.45) is -0.192. The van der Waals surface area contributed by atoms with Crippen molar-refractivity contribution in [3.05, 3.63) is 102 Å². The van der Waals surface area contributed by atoms with Gasteiger partial charge in [0.1, 0.15) is 66.5 Å². The van der Waals surface area contributed by atoms with E-state index in [9.17, 15) is 112 Å². The summed E-state index contributed by atoms with van der Waals surface area (Å²) in [5.41, 5.74) is 20.4. The molecule has 45 heteroatoms. The van der Waals surface area contributed by atoms with Gasteiger partial charge in [0.2, 0.25) is 82.7 Å². The average molecular weight is 1780 g/mol. The summed E-state index contributed by atoms with van der Waals surface area (Å²) in [4.78, 5) is 283. The largest absolute Gasteiger partial charge is 0.481 e. The van der Waals surface area contributed by atoms with Gasteiger partial charge >= 0.3 is 29.8 Å². The minimum absolute atomic E-state index is 0.00437. The van der Waals surface area contributed by atoms with Crippen LogP contribution in [0.3, 0.4) is 0 Å². The second kappa shape index (κ2) is 50.7. The van der Waals surface area contributed by atoms with Crippen LogP contribution < -0.4 is 91.6 Å². The Morgan fingerprint density at radius 2 is 1.02 bits per heavy atom. The second-order valence-corrected chi connectivity index (χ2v) is 30.6. The highest BCUT2D eigenvalue weighted by atomic mass is 16.5. The number of esters is 1. The number of primary amides is 1. The van der Waals surface area contributed by atoms with Gasteiger partial charge in [-0.1, -0.05) is 101 Å². The zero-order valence-electron chi connectivity index (χ0n) is 70.3. The Bertz CT molecular complexity index is 4800. The first-order valence-electron chi connectivity index (χ1n) is 41.1. The van der Waals surface area contributed by atoms with Crippen LogP contribution in [0.1, 0.15) is 145 Å². The number of carbonyl (C=O) groups excluding carboxylic acids is 16. The van der Waals surface area contributed by atoms with Crippen molar-refractivity contribution < 1.29 is 126 Å². The number of amides is 14. The fourth-order valence-corrected chi connectivity index (χ4v) is 13.6. The maximum atomic E-state index is 15.0. The van der Waals surface area contributed by atoms with E-state index in [4.69, 9.17) is 21.9 Å². The number of Topliss-reactive ketones (excluding diaryl/α,β-unsaturated/α-hetero) is 1. The lowest BCUT2D eigenvalue weighted by Crippen LogP contribution is -2.61. The first-order valence-corrected chi connectivity index (χ1v) is 41.1. The highest BCUT2D eigenvalue weighted by Gasteiger charge is 2.41. The normalized spacial score (nSPS) is 20.6. The number of aromatic nitrogens is 2. The monoisotopic (exact) mass is 1780 g/mol. The van der Waals surface area contributed by atoms with E-state index >= 15 is 9.59 Å². The van der Waals surface area contributed by atoms with Crippen LogP contribution in [0.4, 0.5) is 5.69 Å². The molecule has 0 radical (unpaired) electrons. The molecule has 0 spiro atoms. The molecule has 127 heavy (non-hydrogen) atoms. The first kappa shape index (κ1) is 102. The van der Waals surface area contributed by atoms with Gasteiger partial charge in [-0.05, 0) is 93.8 Å². The van der Waals surface area contributed by atoms with E-state index in [0.29, 0.717) is 24.1 Å². The van der Waals surface area contributed by atoms with Crippen molar-refractivity contribution in [3.63, 3.8) is 0 Å². The number of hydrogen-bond acceptors (Lipinski definition) is 25. The number of nitrogen functional groups attached to an aromatic ring is 1. The number of fused-ring (bicyclic) bond motifs is 2. The Balaban J connectivity index is 1.42. The number of rotatable bonds is 39. The summed E-state index contributed by atoms with van der Waals surface area (Å²) in [6.45, 7) is 1.24. The summed E-state index contributed by atoms with van der Waals surface area (Å²) in [7, 11) is 0. The van der Waals surface area contributed by atoms with E-state index in [2.05, 4.69) is 75.4 Å². The van der Waals surface area contributed by atoms with Crippen LogP contribution in [0.15, 0.2) is 85.2 Å². The summed E-state index contributed by atoms with van der Waals surface area (Å²) < 4.78 is 5.75. The summed E-state index contributed by atoms with van der Waals surface area (Å²) in [5.74, 6) is -29.8. The van der Waals surface area contributed by atoms with E-state index < -0.39 is 267 Å². The van der Waals surface area contributed by atoms with Gasteiger partial charge in [-0.2, -0.15) is 0 Å². The number of ether oxygens (including phenoxy) is 1. The number of carbonyl (C=O) groups is 20. The van der Waals surface area contributed by atoms with Gasteiger partial charge in [-0.25, -0.2) is 4.79 Å². The molecule has 3 heterocycles. The minimum atomic E-state index is -2.47. The molecule has 2 aromatic heterocycles. The number of nitrogens with one attached hydrogen (secondary N) is 16. The summed E-state index contributed by atoms with van der Waals surface area (Å²) >= 11 is 0. The van der Waals surface area contributed by atoms with Crippen molar-refractivity contribution in [2.45, 2.75) is 215 Å².